The highest BCUT2D eigenvalue weighted by Crippen LogP contribution is 2.41. The molecular weight excluding hydrogens is 413 g/mol. The molecule has 6 rings (SSSR count). The molecule has 1 saturated carbocycles. The van der Waals surface area contributed by atoms with Crippen LogP contribution >= 0.6 is 11.3 Å². The number of hydrogen-bond donors (Lipinski definition) is 2. The molecule has 0 atom stereocenters. The van der Waals surface area contributed by atoms with Crippen LogP contribution in [0.3, 0.4) is 0 Å². The molecule has 5 aromatic rings. The highest BCUT2D eigenvalue weighted by Gasteiger charge is 2.31. The largest absolute Gasteiger partial charge is 0.393 e. The lowest BCUT2D eigenvalue weighted by atomic mass is 9.89. The molecule has 6 nitrogen and oxygen atoms in total. The number of pyridine rings is 1. The minimum atomic E-state index is -0.396. The third kappa shape index (κ3) is 2.83. The minimum absolute atomic E-state index is 0.104. The molecule has 31 heavy (non-hydrogen) atoms. The maximum atomic E-state index is 15.8. The average molecular weight is 431 g/mol. The highest BCUT2D eigenvalue weighted by molar-refractivity contribution is 7.13. The van der Waals surface area contributed by atoms with Gasteiger partial charge in [-0.15, -0.1) is 11.3 Å². The summed E-state index contributed by atoms with van der Waals surface area (Å²) in [6.07, 6.45) is 4.25. The number of nitrogens with zero attached hydrogens (tertiary/aromatic N) is 4. The third-order valence-corrected chi connectivity index (χ3v) is 6.88. The first-order valence-electron chi connectivity index (χ1n) is 10.0. The SMILES string of the molecule is Nc1ncnc2c1c(-c1ccc3ccc(-c4cccs4)nc3c1F)cn2C1CC(O)C1. The molecular formula is C23H18FN5OS. The first-order valence-corrected chi connectivity index (χ1v) is 10.9. The molecule has 4 aromatic heterocycles. The number of aliphatic hydroxyl groups is 1. The standard InChI is InChI=1S/C23H18FN5OS/c24-20-15(5-3-12-4-6-17(28-21(12)20)18-2-1-7-31-18)16-10-29(13-8-14(30)9-13)23-19(16)22(25)26-11-27-23/h1-7,10-11,13-14,30H,8-9H2,(H2,25,26,27). The number of benzene rings is 1. The first kappa shape index (κ1) is 18.4. The Morgan fingerprint density at radius 1 is 1.10 bits per heavy atom. The number of aliphatic hydroxyl groups excluding tert-OH is 1. The molecule has 1 aliphatic carbocycles. The van der Waals surface area contributed by atoms with Gasteiger partial charge in [-0.2, -0.15) is 0 Å². The van der Waals surface area contributed by atoms with Gasteiger partial charge in [-0.05, 0) is 30.4 Å². The Labute approximate surface area is 180 Å². The van der Waals surface area contributed by atoms with Gasteiger partial charge in [0.2, 0.25) is 0 Å². The summed E-state index contributed by atoms with van der Waals surface area (Å²) in [5.74, 6) is -0.0923. The maximum absolute atomic E-state index is 15.8. The summed E-state index contributed by atoms with van der Waals surface area (Å²) in [6.45, 7) is 0. The lowest BCUT2D eigenvalue weighted by molar-refractivity contribution is 0.0501. The van der Waals surface area contributed by atoms with Crippen LogP contribution in [0.5, 0.6) is 0 Å². The molecule has 0 unspecified atom stereocenters. The Balaban J connectivity index is 1.57. The van der Waals surface area contributed by atoms with Gasteiger partial charge in [0.05, 0.1) is 22.1 Å². The summed E-state index contributed by atoms with van der Waals surface area (Å²) in [5, 5.41) is 13.1. The van der Waals surface area contributed by atoms with E-state index in [1.807, 2.05) is 46.5 Å². The van der Waals surface area contributed by atoms with Crippen molar-refractivity contribution in [3.63, 3.8) is 0 Å². The van der Waals surface area contributed by atoms with Gasteiger partial charge in [0.15, 0.2) is 5.82 Å². The van der Waals surface area contributed by atoms with Crippen LogP contribution in [-0.4, -0.2) is 30.7 Å². The van der Waals surface area contributed by atoms with Gasteiger partial charge >= 0.3 is 0 Å². The zero-order valence-electron chi connectivity index (χ0n) is 16.4. The molecule has 1 aromatic carbocycles. The molecule has 8 heteroatoms. The smallest absolute Gasteiger partial charge is 0.157 e. The zero-order valence-corrected chi connectivity index (χ0v) is 17.2. The normalized spacial score (nSPS) is 18.5. The summed E-state index contributed by atoms with van der Waals surface area (Å²) in [4.78, 5) is 14.1. The number of aromatic nitrogens is 4. The van der Waals surface area contributed by atoms with E-state index in [-0.39, 0.29) is 12.1 Å². The van der Waals surface area contributed by atoms with E-state index in [0.717, 1.165) is 16.0 Å². The van der Waals surface area contributed by atoms with E-state index >= 15 is 4.39 Å². The Kier molecular flexibility index (Phi) is 4.06. The Morgan fingerprint density at radius 3 is 2.71 bits per heavy atom. The van der Waals surface area contributed by atoms with Crippen LogP contribution in [0, 0.1) is 5.82 Å². The van der Waals surface area contributed by atoms with Crippen molar-refractivity contribution in [2.24, 2.45) is 0 Å². The van der Waals surface area contributed by atoms with Crippen molar-refractivity contribution in [1.82, 2.24) is 19.5 Å². The Hall–Kier alpha value is -3.36. The van der Waals surface area contributed by atoms with Gasteiger partial charge < -0.3 is 15.4 Å². The van der Waals surface area contributed by atoms with Gasteiger partial charge in [-0.25, -0.2) is 19.3 Å². The van der Waals surface area contributed by atoms with Crippen LogP contribution in [0.1, 0.15) is 18.9 Å². The first-order chi connectivity index (χ1) is 15.1. The van der Waals surface area contributed by atoms with Crippen molar-refractivity contribution in [2.45, 2.75) is 25.0 Å². The summed E-state index contributed by atoms with van der Waals surface area (Å²) in [5.41, 5.74) is 8.96. The summed E-state index contributed by atoms with van der Waals surface area (Å²) in [7, 11) is 0. The summed E-state index contributed by atoms with van der Waals surface area (Å²) in [6, 6.07) is 11.5. The molecule has 0 saturated heterocycles. The Morgan fingerprint density at radius 2 is 1.94 bits per heavy atom. The van der Waals surface area contributed by atoms with E-state index in [9.17, 15) is 5.11 Å². The predicted molar refractivity (Wildman–Crippen MR) is 120 cm³/mol. The van der Waals surface area contributed by atoms with E-state index < -0.39 is 5.82 Å². The van der Waals surface area contributed by atoms with E-state index in [1.54, 1.807) is 17.4 Å². The van der Waals surface area contributed by atoms with Crippen LogP contribution in [0.4, 0.5) is 10.2 Å². The third-order valence-electron chi connectivity index (χ3n) is 5.98. The van der Waals surface area contributed by atoms with Gasteiger partial charge in [0.25, 0.3) is 0 Å². The summed E-state index contributed by atoms with van der Waals surface area (Å²) >= 11 is 1.57. The van der Waals surface area contributed by atoms with E-state index in [0.29, 0.717) is 46.3 Å². The molecule has 1 aliphatic rings. The second-order valence-electron chi connectivity index (χ2n) is 7.86. The fraction of sp³-hybridized carbons (Fsp3) is 0.174. The van der Waals surface area contributed by atoms with Gasteiger partial charge in [0, 0.05) is 28.8 Å². The predicted octanol–water partition coefficient (Wildman–Crippen LogP) is 4.79. The van der Waals surface area contributed by atoms with Crippen LogP contribution in [-0.2, 0) is 0 Å². The van der Waals surface area contributed by atoms with Crippen molar-refractivity contribution in [3.05, 3.63) is 60.1 Å². The van der Waals surface area contributed by atoms with Crippen molar-refractivity contribution in [3.8, 4) is 21.7 Å². The topological polar surface area (TPSA) is 89.9 Å². The van der Waals surface area contributed by atoms with Gasteiger partial charge in [0.1, 0.15) is 23.3 Å². The second kappa shape index (κ2) is 6.83. The number of anilines is 1. The molecule has 0 bridgehead atoms. The number of halogens is 1. The fourth-order valence-corrected chi connectivity index (χ4v) is 5.00. The van der Waals surface area contributed by atoms with Crippen molar-refractivity contribution in [2.75, 3.05) is 5.73 Å². The Bertz CT molecular complexity index is 1440. The van der Waals surface area contributed by atoms with Crippen LogP contribution in [0.25, 0.3) is 43.6 Å². The van der Waals surface area contributed by atoms with Crippen molar-refractivity contribution in [1.29, 1.82) is 0 Å². The molecule has 0 spiro atoms. The minimum Gasteiger partial charge on any atom is -0.393 e. The molecule has 0 aliphatic heterocycles. The number of rotatable bonds is 3. The van der Waals surface area contributed by atoms with Crippen molar-refractivity contribution < 1.29 is 9.50 Å². The fourth-order valence-electron chi connectivity index (χ4n) is 4.30. The average Bonchev–Trinajstić information content (AvgIpc) is 3.41. The number of fused-ring (bicyclic) bond motifs is 2. The van der Waals surface area contributed by atoms with Gasteiger partial charge in [-0.1, -0.05) is 24.3 Å². The van der Waals surface area contributed by atoms with E-state index in [1.165, 1.54) is 6.33 Å². The quantitative estimate of drug-likeness (QED) is 0.429. The number of thiophene rings is 1. The van der Waals surface area contributed by atoms with Crippen LogP contribution in [0.15, 0.2) is 54.3 Å². The van der Waals surface area contributed by atoms with E-state index in [2.05, 4.69) is 15.0 Å². The molecule has 3 N–H and O–H groups in total. The number of nitrogen functional groups attached to an aromatic ring is 1. The second-order valence-corrected chi connectivity index (χ2v) is 8.81. The van der Waals surface area contributed by atoms with Crippen molar-refractivity contribution >= 4 is 39.1 Å². The maximum Gasteiger partial charge on any atom is 0.157 e. The zero-order chi connectivity index (χ0) is 21.1. The van der Waals surface area contributed by atoms with E-state index in [4.69, 9.17) is 5.73 Å². The lowest BCUT2D eigenvalue weighted by Gasteiger charge is -2.32. The molecule has 0 radical (unpaired) electrons. The lowest BCUT2D eigenvalue weighted by Crippen LogP contribution is -2.30. The molecule has 4 heterocycles. The number of hydrogen-bond acceptors (Lipinski definition) is 6. The van der Waals surface area contributed by atoms with Gasteiger partial charge in [-0.3, -0.25) is 0 Å². The number of nitrogens with two attached hydrogens (primary N) is 1. The molecule has 154 valence electrons. The molecule has 1 fully saturated rings. The molecule has 0 amide bonds. The monoisotopic (exact) mass is 431 g/mol. The highest BCUT2D eigenvalue weighted by atomic mass is 32.1. The summed E-state index contributed by atoms with van der Waals surface area (Å²) < 4.78 is 17.8. The van der Waals surface area contributed by atoms with Crippen LogP contribution in [0.2, 0.25) is 0 Å². The van der Waals surface area contributed by atoms with Crippen LogP contribution < -0.4 is 5.73 Å².